The minimum Gasteiger partial charge on any atom is -0.271 e. The van der Waals surface area contributed by atoms with Crippen molar-refractivity contribution in [1.29, 1.82) is 0 Å². The summed E-state index contributed by atoms with van der Waals surface area (Å²) in [7, 11) is 0. The van der Waals surface area contributed by atoms with E-state index in [2.05, 4.69) is 66.9 Å². The Balaban J connectivity index is 1.73. The van der Waals surface area contributed by atoms with Crippen LogP contribution >= 0.6 is 11.8 Å². The third-order valence-corrected chi connectivity index (χ3v) is 4.69. The first kappa shape index (κ1) is 16.1. The van der Waals surface area contributed by atoms with Crippen molar-refractivity contribution in [2.45, 2.75) is 37.1 Å². The highest BCUT2D eigenvalue weighted by Crippen LogP contribution is 2.21. The lowest BCUT2D eigenvalue weighted by atomic mass is 10.1. The van der Waals surface area contributed by atoms with Gasteiger partial charge < -0.3 is 0 Å². The first-order valence-electron chi connectivity index (χ1n) is 7.47. The molecule has 21 heavy (non-hydrogen) atoms. The molecule has 2 aromatic rings. The standard InChI is InChI=1S/C18H24N2S/c1-15-7-5-12-18(13-15)21-14-17(20-19)11-6-10-16-8-3-2-4-9-16/h2-5,7-9,12-13,17,20H,6,10-11,14,19H2,1H3. The molecule has 1 atom stereocenters. The second kappa shape index (κ2) is 8.88. The van der Waals surface area contributed by atoms with Gasteiger partial charge in [0.25, 0.3) is 0 Å². The molecule has 0 saturated carbocycles. The van der Waals surface area contributed by atoms with Crippen LogP contribution in [0.15, 0.2) is 59.5 Å². The second-order valence-electron chi connectivity index (χ2n) is 5.37. The minimum atomic E-state index is 0.360. The molecule has 112 valence electrons. The van der Waals surface area contributed by atoms with Gasteiger partial charge in [0.15, 0.2) is 0 Å². The summed E-state index contributed by atoms with van der Waals surface area (Å²) >= 11 is 1.87. The molecule has 0 saturated heterocycles. The molecule has 0 fully saturated rings. The monoisotopic (exact) mass is 300 g/mol. The fourth-order valence-corrected chi connectivity index (χ4v) is 3.41. The first-order chi connectivity index (χ1) is 10.3. The number of aryl methyl sites for hydroxylation is 2. The maximum absolute atomic E-state index is 5.68. The third-order valence-electron chi connectivity index (χ3n) is 3.54. The lowest BCUT2D eigenvalue weighted by Crippen LogP contribution is -2.37. The highest BCUT2D eigenvalue weighted by Gasteiger charge is 2.07. The van der Waals surface area contributed by atoms with E-state index in [1.165, 1.54) is 16.0 Å². The molecule has 0 amide bonds. The van der Waals surface area contributed by atoms with Crippen LogP contribution < -0.4 is 11.3 Å². The Hall–Kier alpha value is -1.29. The van der Waals surface area contributed by atoms with Crippen molar-refractivity contribution >= 4 is 11.8 Å². The van der Waals surface area contributed by atoms with Crippen LogP contribution in [0.2, 0.25) is 0 Å². The molecule has 0 aliphatic carbocycles. The maximum atomic E-state index is 5.68. The Morgan fingerprint density at radius 3 is 2.62 bits per heavy atom. The molecule has 2 aromatic carbocycles. The van der Waals surface area contributed by atoms with Gasteiger partial charge in [0, 0.05) is 16.7 Å². The number of benzene rings is 2. The SMILES string of the molecule is Cc1cccc(SCC(CCCc2ccccc2)NN)c1. The van der Waals surface area contributed by atoms with Gasteiger partial charge in [0.2, 0.25) is 0 Å². The van der Waals surface area contributed by atoms with E-state index >= 15 is 0 Å². The molecule has 0 aliphatic rings. The summed E-state index contributed by atoms with van der Waals surface area (Å²) < 4.78 is 0. The van der Waals surface area contributed by atoms with Gasteiger partial charge in [-0.15, -0.1) is 11.8 Å². The predicted molar refractivity (Wildman–Crippen MR) is 92.4 cm³/mol. The van der Waals surface area contributed by atoms with Gasteiger partial charge in [0.05, 0.1) is 0 Å². The quantitative estimate of drug-likeness (QED) is 0.440. The fraction of sp³-hybridized carbons (Fsp3) is 0.333. The first-order valence-corrected chi connectivity index (χ1v) is 8.46. The van der Waals surface area contributed by atoms with Crippen LogP contribution in [0.5, 0.6) is 0 Å². The molecule has 2 nitrogen and oxygen atoms in total. The largest absolute Gasteiger partial charge is 0.271 e. The Morgan fingerprint density at radius 1 is 1.10 bits per heavy atom. The number of nitrogens with two attached hydrogens (primary N) is 1. The Morgan fingerprint density at radius 2 is 1.90 bits per heavy atom. The number of hydrogen-bond acceptors (Lipinski definition) is 3. The van der Waals surface area contributed by atoms with Crippen molar-refractivity contribution in [2.75, 3.05) is 5.75 Å². The molecule has 3 heteroatoms. The molecule has 2 rings (SSSR count). The van der Waals surface area contributed by atoms with E-state index in [0.717, 1.165) is 25.0 Å². The summed E-state index contributed by atoms with van der Waals surface area (Å²) in [5.41, 5.74) is 5.66. The molecule has 1 unspecified atom stereocenters. The smallest absolute Gasteiger partial charge is 0.0304 e. The van der Waals surface area contributed by atoms with Crippen LogP contribution in [0, 0.1) is 6.92 Å². The Bertz CT molecular complexity index is 528. The zero-order chi connectivity index (χ0) is 14.9. The summed E-state index contributed by atoms with van der Waals surface area (Å²) in [6, 6.07) is 19.6. The second-order valence-corrected chi connectivity index (χ2v) is 6.46. The van der Waals surface area contributed by atoms with Crippen LogP contribution in [0.4, 0.5) is 0 Å². The number of nitrogens with one attached hydrogen (secondary N) is 1. The van der Waals surface area contributed by atoms with Crippen molar-refractivity contribution in [3.63, 3.8) is 0 Å². The minimum absolute atomic E-state index is 0.360. The normalized spacial score (nSPS) is 12.3. The van der Waals surface area contributed by atoms with Crippen molar-refractivity contribution in [3.8, 4) is 0 Å². The number of rotatable bonds is 8. The van der Waals surface area contributed by atoms with Crippen LogP contribution in [-0.2, 0) is 6.42 Å². The van der Waals surface area contributed by atoms with E-state index in [1.54, 1.807) is 0 Å². The van der Waals surface area contributed by atoms with Gasteiger partial charge in [-0.2, -0.15) is 0 Å². The van der Waals surface area contributed by atoms with Gasteiger partial charge in [-0.1, -0.05) is 48.0 Å². The average Bonchev–Trinajstić information content (AvgIpc) is 2.52. The average molecular weight is 300 g/mol. The topological polar surface area (TPSA) is 38.0 Å². The summed E-state index contributed by atoms with van der Waals surface area (Å²) in [6.45, 7) is 2.13. The van der Waals surface area contributed by atoms with Gasteiger partial charge in [0.1, 0.15) is 0 Å². The van der Waals surface area contributed by atoms with Crippen molar-refractivity contribution in [3.05, 3.63) is 65.7 Å². The predicted octanol–water partition coefficient (Wildman–Crippen LogP) is 3.94. The van der Waals surface area contributed by atoms with Crippen molar-refractivity contribution in [1.82, 2.24) is 5.43 Å². The third kappa shape index (κ3) is 5.92. The van der Waals surface area contributed by atoms with Gasteiger partial charge in [-0.05, 0) is 43.9 Å². The van der Waals surface area contributed by atoms with E-state index in [9.17, 15) is 0 Å². The van der Waals surface area contributed by atoms with Crippen LogP contribution in [0.1, 0.15) is 24.0 Å². The molecule has 0 spiro atoms. The molecular weight excluding hydrogens is 276 g/mol. The summed E-state index contributed by atoms with van der Waals surface area (Å²) in [4.78, 5) is 1.32. The number of hydrazine groups is 1. The highest BCUT2D eigenvalue weighted by atomic mass is 32.2. The molecular formula is C18H24N2S. The summed E-state index contributed by atoms with van der Waals surface area (Å²) in [6.07, 6.45) is 3.38. The molecule has 0 radical (unpaired) electrons. The number of thioether (sulfide) groups is 1. The maximum Gasteiger partial charge on any atom is 0.0304 e. The van der Waals surface area contributed by atoms with Crippen LogP contribution in [-0.4, -0.2) is 11.8 Å². The fourth-order valence-electron chi connectivity index (χ4n) is 2.31. The molecule has 0 bridgehead atoms. The molecule has 0 aromatic heterocycles. The zero-order valence-corrected chi connectivity index (χ0v) is 13.4. The van der Waals surface area contributed by atoms with Crippen LogP contribution in [0.25, 0.3) is 0 Å². The highest BCUT2D eigenvalue weighted by molar-refractivity contribution is 7.99. The van der Waals surface area contributed by atoms with E-state index < -0.39 is 0 Å². The summed E-state index contributed by atoms with van der Waals surface area (Å²) in [5.74, 6) is 6.69. The molecule has 0 heterocycles. The van der Waals surface area contributed by atoms with Crippen LogP contribution in [0.3, 0.4) is 0 Å². The Kier molecular flexibility index (Phi) is 6.80. The lowest BCUT2D eigenvalue weighted by Gasteiger charge is -2.15. The number of hydrogen-bond donors (Lipinski definition) is 2. The van der Waals surface area contributed by atoms with Gasteiger partial charge in [-0.3, -0.25) is 11.3 Å². The summed E-state index contributed by atoms with van der Waals surface area (Å²) in [5, 5.41) is 0. The van der Waals surface area contributed by atoms with E-state index in [-0.39, 0.29) is 0 Å². The molecule has 3 N–H and O–H groups in total. The van der Waals surface area contributed by atoms with E-state index in [4.69, 9.17) is 5.84 Å². The van der Waals surface area contributed by atoms with E-state index in [1.807, 2.05) is 11.8 Å². The Labute approximate surface area is 132 Å². The lowest BCUT2D eigenvalue weighted by molar-refractivity contribution is 0.520. The van der Waals surface area contributed by atoms with Gasteiger partial charge in [-0.25, -0.2) is 0 Å². The van der Waals surface area contributed by atoms with Crippen molar-refractivity contribution < 1.29 is 0 Å². The van der Waals surface area contributed by atoms with E-state index in [0.29, 0.717) is 6.04 Å². The molecule has 0 aliphatic heterocycles. The zero-order valence-electron chi connectivity index (χ0n) is 12.6. The van der Waals surface area contributed by atoms with Gasteiger partial charge >= 0.3 is 0 Å². The van der Waals surface area contributed by atoms with Crippen molar-refractivity contribution in [2.24, 2.45) is 5.84 Å².